The van der Waals surface area contributed by atoms with Crippen molar-refractivity contribution in [2.24, 2.45) is 0 Å². The zero-order chi connectivity index (χ0) is 21.8. The van der Waals surface area contributed by atoms with Crippen LogP contribution in [-0.4, -0.2) is 41.8 Å². The van der Waals surface area contributed by atoms with E-state index in [0.717, 1.165) is 34.3 Å². The second-order valence-electron chi connectivity index (χ2n) is 8.80. The molecule has 2 aromatic rings. The van der Waals surface area contributed by atoms with Crippen LogP contribution in [-0.2, 0) is 10.2 Å². The molecule has 0 bridgehead atoms. The quantitative estimate of drug-likeness (QED) is 0.513. The number of methoxy groups -OCH3 is 1. The first-order valence-corrected chi connectivity index (χ1v) is 10.3. The average molecular weight is 403 g/mol. The largest absolute Gasteiger partial charge is 0.511 e. The lowest BCUT2D eigenvalue weighted by Gasteiger charge is -2.48. The van der Waals surface area contributed by atoms with Gasteiger partial charge in [-0.2, -0.15) is 0 Å². The van der Waals surface area contributed by atoms with E-state index in [1.807, 2.05) is 19.3 Å². The lowest BCUT2D eigenvalue weighted by atomic mass is 9.65. The van der Waals surface area contributed by atoms with Gasteiger partial charge in [-0.3, -0.25) is 4.98 Å². The number of allylic oxidation sites excluding steroid dienone is 3. The van der Waals surface area contributed by atoms with Crippen LogP contribution in [0.3, 0.4) is 0 Å². The Morgan fingerprint density at radius 1 is 1.33 bits per heavy atom. The highest BCUT2D eigenvalue weighted by Crippen LogP contribution is 2.55. The third kappa shape index (κ3) is 2.67. The van der Waals surface area contributed by atoms with E-state index in [-0.39, 0.29) is 23.1 Å². The summed E-state index contributed by atoms with van der Waals surface area (Å²) in [6.45, 7) is 17.3. The van der Waals surface area contributed by atoms with Crippen molar-refractivity contribution in [3.8, 4) is 0 Å². The molecule has 4 rings (SSSR count). The number of rotatable bonds is 6. The van der Waals surface area contributed by atoms with Crippen LogP contribution in [0.1, 0.15) is 42.9 Å². The molecule has 1 N–H and O–H groups in total. The summed E-state index contributed by atoms with van der Waals surface area (Å²) in [7, 11) is 3.74. The number of hydrogen-bond acceptors (Lipinski definition) is 4. The van der Waals surface area contributed by atoms with Crippen molar-refractivity contribution >= 4 is 16.6 Å². The summed E-state index contributed by atoms with van der Waals surface area (Å²) in [5.74, 6) is 0.174. The number of aromatic nitrogens is 1. The predicted octanol–water partition coefficient (Wildman–Crippen LogP) is 5.49. The average Bonchev–Trinajstić information content (AvgIpc) is 2.71. The molecule has 4 heteroatoms. The molecule has 1 aromatic carbocycles. The Morgan fingerprint density at radius 3 is 2.70 bits per heavy atom. The van der Waals surface area contributed by atoms with Crippen LogP contribution < -0.4 is 0 Å². The van der Waals surface area contributed by atoms with Crippen LogP contribution in [0, 0.1) is 0 Å². The van der Waals surface area contributed by atoms with E-state index in [1.54, 1.807) is 7.11 Å². The van der Waals surface area contributed by atoms with E-state index in [1.165, 1.54) is 16.5 Å². The van der Waals surface area contributed by atoms with Gasteiger partial charge in [-0.05, 0) is 34.8 Å². The monoisotopic (exact) mass is 402 g/mol. The molecule has 2 aliphatic rings. The molecule has 2 heterocycles. The van der Waals surface area contributed by atoms with Gasteiger partial charge in [0.1, 0.15) is 5.76 Å². The van der Waals surface area contributed by atoms with Crippen LogP contribution in [0.5, 0.6) is 0 Å². The maximum atomic E-state index is 10.6. The number of likely N-dealkylation sites (N-methyl/N-ethyl adjacent to an activating group) is 1. The van der Waals surface area contributed by atoms with Gasteiger partial charge in [0.05, 0.1) is 17.3 Å². The molecule has 1 aromatic heterocycles. The normalized spacial score (nSPS) is 21.7. The summed E-state index contributed by atoms with van der Waals surface area (Å²) in [5.41, 5.74) is 7.36. The zero-order valence-electron chi connectivity index (χ0n) is 18.3. The molecule has 0 saturated heterocycles. The van der Waals surface area contributed by atoms with Crippen LogP contribution >= 0.6 is 0 Å². The molecule has 1 aliphatic heterocycles. The summed E-state index contributed by atoms with van der Waals surface area (Å²) in [6, 6.07) is 6.07. The van der Waals surface area contributed by atoms with Gasteiger partial charge in [0.2, 0.25) is 0 Å². The minimum absolute atomic E-state index is 0.0237. The van der Waals surface area contributed by atoms with Crippen LogP contribution in [0.15, 0.2) is 67.1 Å². The second-order valence-corrected chi connectivity index (χ2v) is 8.80. The van der Waals surface area contributed by atoms with Crippen LogP contribution in [0.25, 0.3) is 16.6 Å². The van der Waals surface area contributed by atoms with E-state index in [2.05, 4.69) is 56.7 Å². The Morgan fingerprint density at radius 2 is 2.07 bits per heavy atom. The third-order valence-electron chi connectivity index (χ3n) is 6.79. The number of aliphatic hydroxyl groups is 1. The molecule has 2 unspecified atom stereocenters. The number of benzene rings is 1. The Labute approximate surface area is 178 Å². The van der Waals surface area contributed by atoms with Crippen molar-refractivity contribution < 1.29 is 9.84 Å². The third-order valence-corrected chi connectivity index (χ3v) is 6.79. The smallest absolute Gasteiger partial charge is 0.108 e. The van der Waals surface area contributed by atoms with Gasteiger partial charge in [-0.15, -0.1) is 0 Å². The van der Waals surface area contributed by atoms with Crippen LogP contribution in [0.4, 0.5) is 0 Å². The molecule has 0 amide bonds. The minimum Gasteiger partial charge on any atom is -0.511 e. The Balaban J connectivity index is 2.17. The van der Waals surface area contributed by atoms with Crippen molar-refractivity contribution in [1.82, 2.24) is 9.88 Å². The molecule has 0 saturated carbocycles. The van der Waals surface area contributed by atoms with Crippen molar-refractivity contribution in [1.29, 1.82) is 0 Å². The fraction of sp³-hybridized carbons (Fsp3) is 0.346. The fourth-order valence-corrected chi connectivity index (χ4v) is 5.47. The van der Waals surface area contributed by atoms with E-state index in [4.69, 9.17) is 9.72 Å². The molecule has 1 aliphatic carbocycles. The first kappa shape index (κ1) is 20.4. The molecule has 0 radical (unpaired) electrons. The molecule has 0 spiro atoms. The summed E-state index contributed by atoms with van der Waals surface area (Å²) in [6.07, 6.45) is 4.56. The predicted molar refractivity (Wildman–Crippen MR) is 124 cm³/mol. The minimum atomic E-state index is -0.289. The van der Waals surface area contributed by atoms with Gasteiger partial charge in [-0.25, -0.2) is 0 Å². The molecule has 0 fully saturated rings. The van der Waals surface area contributed by atoms with Gasteiger partial charge in [0.15, 0.2) is 0 Å². The van der Waals surface area contributed by atoms with Gasteiger partial charge in [-0.1, -0.05) is 51.8 Å². The summed E-state index contributed by atoms with van der Waals surface area (Å²) < 4.78 is 5.40. The maximum Gasteiger partial charge on any atom is 0.108 e. The molecular weight excluding hydrogens is 372 g/mol. The Bertz CT molecular complexity index is 1110. The van der Waals surface area contributed by atoms with E-state index in [9.17, 15) is 5.11 Å². The van der Waals surface area contributed by atoms with Crippen molar-refractivity contribution in [2.45, 2.75) is 37.6 Å². The van der Waals surface area contributed by atoms with Crippen molar-refractivity contribution in [3.05, 3.63) is 83.8 Å². The number of hydrogen-bond donors (Lipinski definition) is 1. The number of nitrogens with zero attached hydrogens (tertiary/aromatic N) is 2. The molecule has 156 valence electrons. The van der Waals surface area contributed by atoms with Crippen LogP contribution in [0.2, 0.25) is 0 Å². The molecular formula is C26H30N2O2. The topological polar surface area (TPSA) is 45.6 Å². The summed E-state index contributed by atoms with van der Waals surface area (Å²) in [5, 5.41) is 11.8. The lowest BCUT2D eigenvalue weighted by molar-refractivity contribution is 0.161. The molecule has 2 atom stereocenters. The fourth-order valence-electron chi connectivity index (χ4n) is 5.47. The first-order chi connectivity index (χ1) is 14.3. The maximum absolute atomic E-state index is 10.6. The standard InChI is InChI=1S/C26H30N2O2/c1-8-15(2)23-25-21-18(17(12-13-30-7)24(16(3)29)28(25)6)14-27-20-11-9-10-19(22(20)21)26(23,4)5/h8-11,14,17,24,29H,1-3,12-13H2,4-7H3. The first-order valence-electron chi connectivity index (χ1n) is 10.3. The van der Waals surface area contributed by atoms with E-state index < -0.39 is 0 Å². The van der Waals surface area contributed by atoms with Crippen molar-refractivity contribution in [3.63, 3.8) is 0 Å². The zero-order valence-corrected chi connectivity index (χ0v) is 18.3. The molecule has 4 nitrogen and oxygen atoms in total. The highest BCUT2D eigenvalue weighted by molar-refractivity contribution is 6.01. The van der Waals surface area contributed by atoms with Gasteiger partial charge in [0, 0.05) is 49.2 Å². The Hall–Kier alpha value is -2.85. The van der Waals surface area contributed by atoms with Crippen molar-refractivity contribution in [2.75, 3.05) is 20.8 Å². The van der Waals surface area contributed by atoms with Gasteiger partial charge < -0.3 is 14.7 Å². The SMILES string of the molecule is C=CC(=C)C1=C2c3c(cnc4cccc(c34)C1(C)C)C(CCOC)C(C(=C)O)N2C. The second kappa shape index (κ2) is 7.13. The number of aliphatic hydroxyl groups excluding tert-OH is 1. The van der Waals surface area contributed by atoms with Gasteiger partial charge in [0.25, 0.3) is 0 Å². The van der Waals surface area contributed by atoms with E-state index >= 15 is 0 Å². The number of ether oxygens (including phenoxy) is 1. The lowest BCUT2D eigenvalue weighted by Crippen LogP contribution is -2.45. The number of pyridine rings is 1. The molecule has 30 heavy (non-hydrogen) atoms. The summed E-state index contributed by atoms with van der Waals surface area (Å²) in [4.78, 5) is 6.99. The van der Waals surface area contributed by atoms with Gasteiger partial charge >= 0.3 is 0 Å². The highest BCUT2D eigenvalue weighted by atomic mass is 16.5. The van der Waals surface area contributed by atoms with E-state index in [0.29, 0.717) is 6.61 Å². The summed E-state index contributed by atoms with van der Waals surface area (Å²) >= 11 is 0. The Kier molecular flexibility index (Phi) is 4.86. The highest BCUT2D eigenvalue weighted by Gasteiger charge is 2.45.